The first-order chi connectivity index (χ1) is 19.5. The van der Waals surface area contributed by atoms with E-state index in [2.05, 4.69) is 20.2 Å². The SMILES string of the molecule is CN1CCC[C@@H]1c1cc2cnc(NC(=O)c3ccc(OC4CCN(C(=O)OC(C)(C)C)CC4)nc3)cc2n1C(=O)O. The Hall–Kier alpha value is -4.19. The van der Waals surface area contributed by atoms with Gasteiger partial charge >= 0.3 is 12.2 Å². The first kappa shape index (κ1) is 28.3. The zero-order valence-corrected chi connectivity index (χ0v) is 23.8. The summed E-state index contributed by atoms with van der Waals surface area (Å²) in [7, 11) is 1.99. The maximum atomic E-state index is 12.9. The number of piperidine rings is 1. The normalized spacial score (nSPS) is 18.4. The molecule has 0 bridgehead atoms. The van der Waals surface area contributed by atoms with Crippen LogP contribution in [0.1, 0.15) is 68.5 Å². The molecule has 0 aliphatic carbocycles. The van der Waals surface area contributed by atoms with E-state index in [-0.39, 0.29) is 24.1 Å². The molecule has 0 radical (unpaired) electrons. The average Bonchev–Trinajstić information content (AvgIpc) is 3.51. The minimum atomic E-state index is -1.07. The number of pyridine rings is 2. The Morgan fingerprint density at radius 3 is 2.39 bits per heavy atom. The minimum Gasteiger partial charge on any atom is -0.474 e. The maximum absolute atomic E-state index is 12.9. The van der Waals surface area contributed by atoms with Crippen molar-refractivity contribution >= 4 is 34.8 Å². The lowest BCUT2D eigenvalue weighted by Crippen LogP contribution is -2.44. The van der Waals surface area contributed by atoms with Crippen LogP contribution in [0.15, 0.2) is 36.7 Å². The topological polar surface area (TPSA) is 139 Å². The number of likely N-dealkylation sites (tertiary alicyclic amines) is 2. The van der Waals surface area contributed by atoms with Gasteiger partial charge in [0.05, 0.1) is 17.1 Å². The average molecular weight is 565 g/mol. The molecule has 2 aliphatic heterocycles. The fourth-order valence-electron chi connectivity index (χ4n) is 5.36. The van der Waals surface area contributed by atoms with Crippen molar-refractivity contribution in [1.29, 1.82) is 0 Å². The molecule has 2 fully saturated rings. The molecular weight excluding hydrogens is 528 g/mol. The van der Waals surface area contributed by atoms with E-state index in [4.69, 9.17) is 9.47 Å². The number of rotatable bonds is 5. The molecule has 218 valence electrons. The van der Waals surface area contributed by atoms with Gasteiger partial charge in [0.1, 0.15) is 17.5 Å². The Kier molecular flexibility index (Phi) is 7.85. The molecule has 1 atom stereocenters. The molecule has 3 aromatic heterocycles. The van der Waals surface area contributed by atoms with Gasteiger partial charge in [0, 0.05) is 61.5 Å². The van der Waals surface area contributed by atoms with Gasteiger partial charge in [0.25, 0.3) is 5.91 Å². The van der Waals surface area contributed by atoms with Crippen LogP contribution in [-0.4, -0.2) is 85.9 Å². The van der Waals surface area contributed by atoms with E-state index < -0.39 is 17.6 Å². The van der Waals surface area contributed by atoms with Gasteiger partial charge < -0.3 is 24.8 Å². The van der Waals surface area contributed by atoms with Gasteiger partial charge in [0.2, 0.25) is 5.88 Å². The number of carboxylic acid groups (broad SMARTS) is 1. The van der Waals surface area contributed by atoms with Gasteiger partial charge in [-0.25, -0.2) is 24.1 Å². The molecule has 41 heavy (non-hydrogen) atoms. The molecule has 5 heterocycles. The number of ether oxygens (including phenoxy) is 2. The fraction of sp³-hybridized carbons (Fsp3) is 0.483. The number of nitrogens with zero attached hydrogens (tertiary/aromatic N) is 5. The quantitative estimate of drug-likeness (QED) is 0.449. The van der Waals surface area contributed by atoms with E-state index in [0.717, 1.165) is 19.4 Å². The summed E-state index contributed by atoms with van der Waals surface area (Å²) in [6.45, 7) is 7.50. The molecule has 2 amide bonds. The molecule has 0 aromatic carbocycles. The van der Waals surface area contributed by atoms with Crippen molar-refractivity contribution in [3.8, 4) is 5.88 Å². The number of amides is 2. The van der Waals surface area contributed by atoms with Crippen molar-refractivity contribution in [3.05, 3.63) is 47.9 Å². The van der Waals surface area contributed by atoms with Gasteiger partial charge in [-0.1, -0.05) is 0 Å². The number of hydrogen-bond donors (Lipinski definition) is 2. The second kappa shape index (κ2) is 11.4. The van der Waals surface area contributed by atoms with E-state index in [9.17, 15) is 19.5 Å². The van der Waals surface area contributed by atoms with Crippen LogP contribution >= 0.6 is 0 Å². The summed E-state index contributed by atoms with van der Waals surface area (Å²) in [4.78, 5) is 49.8. The number of nitrogens with one attached hydrogen (secondary N) is 1. The Morgan fingerprint density at radius 1 is 1.02 bits per heavy atom. The van der Waals surface area contributed by atoms with E-state index in [1.165, 1.54) is 10.8 Å². The first-order valence-electron chi connectivity index (χ1n) is 13.9. The lowest BCUT2D eigenvalue weighted by atomic mass is 10.1. The number of carbonyl (C=O) groups excluding carboxylic acids is 2. The fourth-order valence-corrected chi connectivity index (χ4v) is 5.36. The zero-order valence-electron chi connectivity index (χ0n) is 23.8. The molecular formula is C29H36N6O6. The van der Waals surface area contributed by atoms with Gasteiger partial charge in [-0.15, -0.1) is 0 Å². The Balaban J connectivity index is 1.21. The molecule has 2 N–H and O–H groups in total. The third kappa shape index (κ3) is 6.43. The summed E-state index contributed by atoms with van der Waals surface area (Å²) < 4.78 is 12.7. The second-order valence-electron chi connectivity index (χ2n) is 11.6. The van der Waals surface area contributed by atoms with Crippen molar-refractivity contribution in [2.75, 3.05) is 32.0 Å². The zero-order chi connectivity index (χ0) is 29.3. The molecule has 0 saturated carbocycles. The third-order valence-electron chi connectivity index (χ3n) is 7.39. The highest BCUT2D eigenvalue weighted by atomic mass is 16.6. The van der Waals surface area contributed by atoms with E-state index >= 15 is 0 Å². The first-order valence-corrected chi connectivity index (χ1v) is 13.9. The lowest BCUT2D eigenvalue weighted by molar-refractivity contribution is 0.0123. The molecule has 0 unspecified atom stereocenters. The number of hydrogen-bond acceptors (Lipinski definition) is 8. The van der Waals surface area contributed by atoms with Gasteiger partial charge in [-0.3, -0.25) is 9.69 Å². The number of anilines is 1. The van der Waals surface area contributed by atoms with E-state index in [1.807, 2.05) is 33.9 Å². The standard InChI is InChI=1S/C29H36N6O6/c1-29(2,3)41-28(39)34-12-9-20(10-13-34)40-25-8-7-18(16-31-25)26(36)32-24-15-22-19(17-30-24)14-23(35(22)27(37)38)21-6-5-11-33(21)4/h7-8,14-17,20-21H,5-6,9-13H2,1-4H3,(H,37,38)(H,30,32,36)/t21-/m1/s1. The van der Waals surface area contributed by atoms with Crippen LogP contribution in [-0.2, 0) is 4.74 Å². The monoisotopic (exact) mass is 564 g/mol. The van der Waals surface area contributed by atoms with Crippen LogP contribution in [0.2, 0.25) is 0 Å². The van der Waals surface area contributed by atoms with Crippen LogP contribution < -0.4 is 10.1 Å². The van der Waals surface area contributed by atoms with Crippen LogP contribution in [0.25, 0.3) is 10.9 Å². The highest BCUT2D eigenvalue weighted by molar-refractivity contribution is 6.04. The van der Waals surface area contributed by atoms with Crippen molar-refractivity contribution in [3.63, 3.8) is 0 Å². The third-order valence-corrected chi connectivity index (χ3v) is 7.39. The molecule has 12 nitrogen and oxygen atoms in total. The number of fused-ring (bicyclic) bond motifs is 1. The largest absolute Gasteiger partial charge is 0.474 e. The van der Waals surface area contributed by atoms with Crippen LogP contribution in [0.5, 0.6) is 5.88 Å². The smallest absolute Gasteiger partial charge is 0.416 e. The summed E-state index contributed by atoms with van der Waals surface area (Å²) in [5, 5.41) is 13.4. The summed E-state index contributed by atoms with van der Waals surface area (Å²) >= 11 is 0. The van der Waals surface area contributed by atoms with Crippen molar-refractivity contribution in [1.82, 2.24) is 24.3 Å². The Bertz CT molecular complexity index is 1440. The molecule has 2 aliphatic rings. The van der Waals surface area contributed by atoms with Crippen LogP contribution in [0.3, 0.4) is 0 Å². The van der Waals surface area contributed by atoms with Gasteiger partial charge in [0.15, 0.2) is 0 Å². The predicted molar refractivity (Wildman–Crippen MR) is 151 cm³/mol. The molecule has 5 rings (SSSR count). The summed E-state index contributed by atoms with van der Waals surface area (Å²) in [6, 6.07) is 6.69. The van der Waals surface area contributed by atoms with Crippen molar-refractivity contribution in [2.24, 2.45) is 0 Å². The number of aromatic nitrogens is 3. The summed E-state index contributed by atoms with van der Waals surface area (Å²) in [5.41, 5.74) is 0.942. The molecule has 3 aromatic rings. The number of carbonyl (C=O) groups is 3. The van der Waals surface area contributed by atoms with Crippen molar-refractivity contribution < 1.29 is 29.0 Å². The molecule has 2 saturated heterocycles. The second-order valence-corrected chi connectivity index (χ2v) is 11.6. The van der Waals surface area contributed by atoms with Gasteiger partial charge in [-0.05, 0) is 59.3 Å². The highest BCUT2D eigenvalue weighted by Gasteiger charge is 2.29. The maximum Gasteiger partial charge on any atom is 0.416 e. The summed E-state index contributed by atoms with van der Waals surface area (Å²) in [5.74, 6) is 0.206. The molecule has 12 heteroatoms. The van der Waals surface area contributed by atoms with E-state index in [1.54, 1.807) is 29.3 Å². The van der Waals surface area contributed by atoms with E-state index in [0.29, 0.717) is 54.0 Å². The minimum absolute atomic E-state index is 0.0147. The highest BCUT2D eigenvalue weighted by Crippen LogP contribution is 2.34. The Morgan fingerprint density at radius 2 is 1.78 bits per heavy atom. The van der Waals surface area contributed by atoms with Gasteiger partial charge in [-0.2, -0.15) is 0 Å². The van der Waals surface area contributed by atoms with Crippen LogP contribution in [0.4, 0.5) is 15.4 Å². The summed E-state index contributed by atoms with van der Waals surface area (Å²) in [6.07, 6.45) is 4.69. The Labute approximate surface area is 238 Å². The van der Waals surface area contributed by atoms with Crippen LogP contribution in [0, 0.1) is 0 Å². The van der Waals surface area contributed by atoms with Crippen molar-refractivity contribution in [2.45, 2.75) is 64.2 Å². The predicted octanol–water partition coefficient (Wildman–Crippen LogP) is 4.75. The molecule has 0 spiro atoms. The lowest BCUT2D eigenvalue weighted by Gasteiger charge is -2.33.